The van der Waals surface area contributed by atoms with Crippen molar-refractivity contribution < 1.29 is 14.0 Å². The van der Waals surface area contributed by atoms with Gasteiger partial charge in [0.1, 0.15) is 6.04 Å². The van der Waals surface area contributed by atoms with Crippen molar-refractivity contribution in [3.05, 3.63) is 59.0 Å². The van der Waals surface area contributed by atoms with Crippen molar-refractivity contribution in [3.63, 3.8) is 0 Å². The highest BCUT2D eigenvalue weighted by atomic mass is 35.5. The van der Waals surface area contributed by atoms with Crippen LogP contribution in [0.3, 0.4) is 0 Å². The van der Waals surface area contributed by atoms with E-state index in [-0.39, 0.29) is 23.5 Å². The van der Waals surface area contributed by atoms with Crippen LogP contribution in [-0.4, -0.2) is 53.8 Å². The molecule has 1 saturated heterocycles. The Morgan fingerprint density at radius 1 is 1.10 bits per heavy atom. The predicted molar refractivity (Wildman–Crippen MR) is 113 cm³/mol. The Morgan fingerprint density at radius 3 is 2.52 bits per heavy atom. The monoisotopic (exact) mass is 417 g/mol. The fourth-order valence-corrected chi connectivity index (χ4v) is 3.65. The van der Waals surface area contributed by atoms with Crippen molar-refractivity contribution in [1.82, 2.24) is 15.1 Å². The zero-order valence-corrected chi connectivity index (χ0v) is 17.7. The summed E-state index contributed by atoms with van der Waals surface area (Å²) in [5.74, 6) is -0.197. The van der Waals surface area contributed by atoms with E-state index >= 15 is 0 Å². The van der Waals surface area contributed by atoms with Gasteiger partial charge in [0, 0.05) is 37.7 Å². The first kappa shape index (κ1) is 21.4. The van der Waals surface area contributed by atoms with Crippen molar-refractivity contribution in [2.24, 2.45) is 5.92 Å². The van der Waals surface area contributed by atoms with Crippen molar-refractivity contribution in [2.45, 2.75) is 32.9 Å². The molecule has 0 bridgehead atoms. The third-order valence-corrected chi connectivity index (χ3v) is 5.44. The standard InChI is InChI=1S/C22H28ClN3O3/c1-16(2)20(24-21(27)19-5-3-14-29-19)22(28)26-11-4-10-25(12-13-26)15-17-6-8-18(23)9-7-17/h3,5-9,14,16,20H,4,10-13,15H2,1-2H3,(H,24,27). The van der Waals surface area contributed by atoms with Crippen LogP contribution in [0.5, 0.6) is 0 Å². The van der Waals surface area contributed by atoms with E-state index in [9.17, 15) is 9.59 Å². The molecule has 0 radical (unpaired) electrons. The van der Waals surface area contributed by atoms with Gasteiger partial charge in [-0.15, -0.1) is 0 Å². The van der Waals surface area contributed by atoms with Gasteiger partial charge in [-0.1, -0.05) is 37.6 Å². The maximum absolute atomic E-state index is 13.1. The summed E-state index contributed by atoms with van der Waals surface area (Å²) in [4.78, 5) is 29.7. The van der Waals surface area contributed by atoms with Gasteiger partial charge in [0.25, 0.3) is 5.91 Å². The lowest BCUT2D eigenvalue weighted by Gasteiger charge is -2.29. The molecule has 0 spiro atoms. The Labute approximate surface area is 176 Å². The maximum Gasteiger partial charge on any atom is 0.287 e. The largest absolute Gasteiger partial charge is 0.459 e. The Morgan fingerprint density at radius 2 is 1.86 bits per heavy atom. The fourth-order valence-electron chi connectivity index (χ4n) is 3.53. The predicted octanol–water partition coefficient (Wildman–Crippen LogP) is 3.42. The number of halogens is 1. The first-order valence-electron chi connectivity index (χ1n) is 10.0. The average Bonchev–Trinajstić information content (AvgIpc) is 3.14. The molecule has 7 heteroatoms. The van der Waals surface area contributed by atoms with Gasteiger partial charge in [0.05, 0.1) is 6.26 Å². The van der Waals surface area contributed by atoms with Crippen LogP contribution in [0.25, 0.3) is 0 Å². The molecule has 2 amide bonds. The summed E-state index contributed by atoms with van der Waals surface area (Å²) in [6.07, 6.45) is 2.35. The molecule has 0 saturated carbocycles. The first-order valence-corrected chi connectivity index (χ1v) is 10.4. The topological polar surface area (TPSA) is 65.8 Å². The highest BCUT2D eigenvalue weighted by Gasteiger charge is 2.30. The van der Waals surface area contributed by atoms with Gasteiger partial charge in [-0.05, 0) is 42.2 Å². The van der Waals surface area contributed by atoms with E-state index in [0.29, 0.717) is 13.1 Å². The van der Waals surface area contributed by atoms with E-state index in [2.05, 4.69) is 10.2 Å². The SMILES string of the molecule is CC(C)C(NC(=O)c1ccco1)C(=O)N1CCCN(Cc2ccc(Cl)cc2)CC1. The van der Waals surface area contributed by atoms with Crippen LogP contribution in [0.2, 0.25) is 5.02 Å². The minimum Gasteiger partial charge on any atom is -0.459 e. The summed E-state index contributed by atoms with van der Waals surface area (Å²) in [6.45, 7) is 7.78. The van der Waals surface area contributed by atoms with Crippen LogP contribution in [-0.2, 0) is 11.3 Å². The summed E-state index contributed by atoms with van der Waals surface area (Å²) in [5.41, 5.74) is 1.21. The van der Waals surface area contributed by atoms with Gasteiger partial charge in [-0.3, -0.25) is 14.5 Å². The molecular weight excluding hydrogens is 390 g/mol. The quantitative estimate of drug-likeness (QED) is 0.782. The minimum atomic E-state index is -0.574. The summed E-state index contributed by atoms with van der Waals surface area (Å²) in [5, 5.41) is 3.58. The fraction of sp³-hybridized carbons (Fsp3) is 0.455. The minimum absolute atomic E-state index is 0.0187. The number of benzene rings is 1. The van der Waals surface area contributed by atoms with E-state index in [4.69, 9.17) is 16.0 Å². The van der Waals surface area contributed by atoms with Crippen LogP contribution < -0.4 is 5.32 Å². The molecule has 29 heavy (non-hydrogen) atoms. The van der Waals surface area contributed by atoms with E-state index in [1.165, 1.54) is 11.8 Å². The Balaban J connectivity index is 1.59. The van der Waals surface area contributed by atoms with Crippen LogP contribution >= 0.6 is 11.6 Å². The van der Waals surface area contributed by atoms with Gasteiger partial charge in [-0.25, -0.2) is 0 Å². The number of carbonyl (C=O) groups is 2. The van der Waals surface area contributed by atoms with Crippen LogP contribution in [0, 0.1) is 5.92 Å². The summed E-state index contributed by atoms with van der Waals surface area (Å²) in [7, 11) is 0. The number of furan rings is 1. The normalized spacial score (nSPS) is 16.5. The molecule has 1 atom stereocenters. The van der Waals surface area contributed by atoms with E-state index in [0.717, 1.165) is 31.1 Å². The maximum atomic E-state index is 13.1. The third-order valence-electron chi connectivity index (χ3n) is 5.18. The van der Waals surface area contributed by atoms with Crippen LogP contribution in [0.4, 0.5) is 0 Å². The van der Waals surface area contributed by atoms with Crippen molar-refractivity contribution in [3.8, 4) is 0 Å². The molecule has 1 aromatic heterocycles. The number of amides is 2. The molecular formula is C22H28ClN3O3. The molecule has 6 nitrogen and oxygen atoms in total. The van der Waals surface area contributed by atoms with E-state index < -0.39 is 6.04 Å². The van der Waals surface area contributed by atoms with Gasteiger partial charge < -0.3 is 14.6 Å². The van der Waals surface area contributed by atoms with E-state index in [1.807, 2.05) is 43.0 Å². The Bertz CT molecular complexity index is 805. The van der Waals surface area contributed by atoms with Crippen LogP contribution in [0.1, 0.15) is 36.4 Å². The molecule has 2 aromatic rings. The smallest absolute Gasteiger partial charge is 0.287 e. The molecule has 156 valence electrons. The highest BCUT2D eigenvalue weighted by molar-refractivity contribution is 6.30. The lowest BCUT2D eigenvalue weighted by atomic mass is 10.0. The molecule has 1 fully saturated rings. The zero-order chi connectivity index (χ0) is 20.8. The summed E-state index contributed by atoms with van der Waals surface area (Å²) < 4.78 is 5.15. The molecule has 1 unspecified atom stereocenters. The average molecular weight is 418 g/mol. The molecule has 1 aromatic carbocycles. The van der Waals surface area contributed by atoms with E-state index in [1.54, 1.807) is 12.1 Å². The van der Waals surface area contributed by atoms with Gasteiger partial charge >= 0.3 is 0 Å². The first-order chi connectivity index (χ1) is 13.9. The molecule has 1 N–H and O–H groups in total. The van der Waals surface area contributed by atoms with Crippen molar-refractivity contribution >= 4 is 23.4 Å². The van der Waals surface area contributed by atoms with Crippen molar-refractivity contribution in [1.29, 1.82) is 0 Å². The van der Waals surface area contributed by atoms with Gasteiger partial charge in [0.2, 0.25) is 5.91 Å². The third kappa shape index (κ3) is 5.84. The number of nitrogens with zero attached hydrogens (tertiary/aromatic N) is 2. The van der Waals surface area contributed by atoms with Gasteiger partial charge in [0.15, 0.2) is 5.76 Å². The lowest BCUT2D eigenvalue weighted by Crippen LogP contribution is -2.52. The molecule has 2 heterocycles. The number of hydrogen-bond donors (Lipinski definition) is 1. The molecule has 1 aliphatic heterocycles. The number of rotatable bonds is 6. The van der Waals surface area contributed by atoms with Crippen LogP contribution in [0.15, 0.2) is 47.1 Å². The number of carbonyl (C=O) groups excluding carboxylic acids is 2. The zero-order valence-electron chi connectivity index (χ0n) is 16.9. The molecule has 1 aliphatic rings. The number of hydrogen-bond acceptors (Lipinski definition) is 4. The van der Waals surface area contributed by atoms with Gasteiger partial charge in [-0.2, -0.15) is 0 Å². The second kappa shape index (κ2) is 9.94. The lowest BCUT2D eigenvalue weighted by molar-refractivity contribution is -0.134. The molecule has 0 aliphatic carbocycles. The summed E-state index contributed by atoms with van der Waals surface area (Å²) in [6, 6.07) is 10.6. The second-order valence-corrected chi connectivity index (χ2v) is 8.19. The number of nitrogens with one attached hydrogen (secondary N) is 1. The Hall–Kier alpha value is -2.31. The summed E-state index contributed by atoms with van der Waals surface area (Å²) >= 11 is 5.96. The molecule has 3 rings (SSSR count). The highest BCUT2D eigenvalue weighted by Crippen LogP contribution is 2.15. The Kier molecular flexibility index (Phi) is 7.34. The second-order valence-electron chi connectivity index (χ2n) is 7.75. The van der Waals surface area contributed by atoms with Crippen molar-refractivity contribution in [2.75, 3.05) is 26.2 Å².